The summed E-state index contributed by atoms with van der Waals surface area (Å²) in [5.74, 6) is 1.88. The first-order chi connectivity index (χ1) is 7.26. The Bertz CT molecular complexity index is 439. The molecular weight excluding hydrogens is 230 g/mol. The molecule has 0 aromatic carbocycles. The first-order valence-corrected chi connectivity index (χ1v) is 6.31. The first-order valence-electron chi connectivity index (χ1n) is 4.84. The van der Waals surface area contributed by atoms with Gasteiger partial charge in [-0.1, -0.05) is 6.92 Å². The van der Waals surface area contributed by atoms with Crippen LogP contribution in [0.3, 0.4) is 0 Å². The van der Waals surface area contributed by atoms with Crippen LogP contribution in [0.4, 0.5) is 0 Å². The Morgan fingerprint density at radius 3 is 2.73 bits per heavy atom. The van der Waals surface area contributed by atoms with Crippen molar-refractivity contribution < 1.29 is 4.42 Å². The van der Waals surface area contributed by atoms with Crippen molar-refractivity contribution in [2.75, 3.05) is 0 Å². The van der Waals surface area contributed by atoms with E-state index >= 15 is 0 Å². The fourth-order valence-electron chi connectivity index (χ4n) is 1.46. The zero-order chi connectivity index (χ0) is 10.8. The van der Waals surface area contributed by atoms with Crippen LogP contribution in [0.25, 0.3) is 11.5 Å². The van der Waals surface area contributed by atoms with E-state index in [1.165, 1.54) is 5.56 Å². The second kappa shape index (κ2) is 4.37. The van der Waals surface area contributed by atoms with Crippen LogP contribution < -0.4 is 0 Å². The molecule has 0 spiro atoms. The summed E-state index contributed by atoms with van der Waals surface area (Å²) in [6, 6.07) is 0. The van der Waals surface area contributed by atoms with Gasteiger partial charge in [-0.15, -0.1) is 11.6 Å². The molecule has 2 aromatic heterocycles. The van der Waals surface area contributed by atoms with Crippen molar-refractivity contribution in [3.63, 3.8) is 0 Å². The fraction of sp³-hybridized carbons (Fsp3) is 0.364. The van der Waals surface area contributed by atoms with Crippen molar-refractivity contribution in [1.29, 1.82) is 0 Å². The molecule has 0 bridgehead atoms. The van der Waals surface area contributed by atoms with Crippen molar-refractivity contribution in [3.05, 3.63) is 27.8 Å². The molecule has 0 radical (unpaired) electrons. The lowest BCUT2D eigenvalue weighted by Crippen LogP contribution is -1.84. The third-order valence-electron chi connectivity index (χ3n) is 2.32. The van der Waals surface area contributed by atoms with E-state index in [0.29, 0.717) is 11.8 Å². The summed E-state index contributed by atoms with van der Waals surface area (Å²) in [5, 5.41) is 4.14. The summed E-state index contributed by atoms with van der Waals surface area (Å²) >= 11 is 7.45. The van der Waals surface area contributed by atoms with Gasteiger partial charge in [-0.3, -0.25) is 0 Å². The molecule has 0 N–H and O–H groups in total. The van der Waals surface area contributed by atoms with E-state index in [-0.39, 0.29) is 0 Å². The van der Waals surface area contributed by atoms with Gasteiger partial charge in [-0.05, 0) is 24.3 Å². The molecule has 0 unspecified atom stereocenters. The van der Waals surface area contributed by atoms with Gasteiger partial charge in [-0.25, -0.2) is 4.98 Å². The fourth-order valence-corrected chi connectivity index (χ4v) is 2.49. The number of hydrogen-bond acceptors (Lipinski definition) is 3. The van der Waals surface area contributed by atoms with Crippen LogP contribution in [-0.4, -0.2) is 4.98 Å². The van der Waals surface area contributed by atoms with Gasteiger partial charge >= 0.3 is 0 Å². The predicted molar refractivity (Wildman–Crippen MR) is 63.5 cm³/mol. The van der Waals surface area contributed by atoms with Gasteiger partial charge in [0.2, 0.25) is 5.89 Å². The molecule has 0 aliphatic carbocycles. The van der Waals surface area contributed by atoms with Crippen molar-refractivity contribution in [2.24, 2.45) is 0 Å². The van der Waals surface area contributed by atoms with Crippen LogP contribution in [0.5, 0.6) is 0 Å². The van der Waals surface area contributed by atoms with Gasteiger partial charge in [0.15, 0.2) is 0 Å². The number of oxazole rings is 1. The van der Waals surface area contributed by atoms with Crippen molar-refractivity contribution in [1.82, 2.24) is 4.98 Å². The summed E-state index contributed by atoms with van der Waals surface area (Å²) in [4.78, 5) is 4.46. The van der Waals surface area contributed by atoms with Crippen molar-refractivity contribution in [2.45, 2.75) is 26.1 Å². The van der Waals surface area contributed by atoms with Crippen LogP contribution in [-0.2, 0) is 12.3 Å². The zero-order valence-electron chi connectivity index (χ0n) is 8.71. The van der Waals surface area contributed by atoms with Gasteiger partial charge in [-0.2, -0.15) is 11.3 Å². The normalized spacial score (nSPS) is 10.9. The van der Waals surface area contributed by atoms with E-state index in [9.17, 15) is 0 Å². The number of rotatable bonds is 3. The summed E-state index contributed by atoms with van der Waals surface area (Å²) in [6.07, 6.45) is 0.856. The summed E-state index contributed by atoms with van der Waals surface area (Å²) in [7, 11) is 0. The van der Waals surface area contributed by atoms with Gasteiger partial charge in [0, 0.05) is 5.38 Å². The van der Waals surface area contributed by atoms with Gasteiger partial charge < -0.3 is 4.42 Å². The molecule has 15 heavy (non-hydrogen) atoms. The molecule has 0 saturated heterocycles. The highest BCUT2D eigenvalue weighted by Gasteiger charge is 2.14. The highest BCUT2D eigenvalue weighted by Crippen LogP contribution is 2.28. The maximum absolute atomic E-state index is 5.79. The lowest BCUT2D eigenvalue weighted by Gasteiger charge is -1.91. The van der Waals surface area contributed by atoms with E-state index < -0.39 is 0 Å². The van der Waals surface area contributed by atoms with Crippen LogP contribution in [0.2, 0.25) is 0 Å². The van der Waals surface area contributed by atoms with Gasteiger partial charge in [0.1, 0.15) is 5.76 Å². The molecule has 80 valence electrons. The summed E-state index contributed by atoms with van der Waals surface area (Å²) in [5.41, 5.74) is 3.24. The number of halogens is 1. The maximum atomic E-state index is 5.79. The number of aromatic nitrogens is 1. The zero-order valence-corrected chi connectivity index (χ0v) is 10.3. The second-order valence-electron chi connectivity index (χ2n) is 3.34. The topological polar surface area (TPSA) is 26.0 Å². The van der Waals surface area contributed by atoms with E-state index in [2.05, 4.69) is 29.6 Å². The molecule has 0 saturated carbocycles. The highest BCUT2D eigenvalue weighted by atomic mass is 35.5. The maximum Gasteiger partial charge on any atom is 0.227 e. The Morgan fingerprint density at radius 2 is 2.27 bits per heavy atom. The monoisotopic (exact) mass is 241 g/mol. The first kappa shape index (κ1) is 10.7. The quantitative estimate of drug-likeness (QED) is 0.759. The minimum absolute atomic E-state index is 0.388. The van der Waals surface area contributed by atoms with E-state index in [0.717, 1.165) is 23.4 Å². The Morgan fingerprint density at radius 1 is 1.47 bits per heavy atom. The second-order valence-corrected chi connectivity index (χ2v) is 4.36. The minimum Gasteiger partial charge on any atom is -0.440 e. The number of nitrogens with zero attached hydrogens (tertiary/aromatic N) is 1. The SMILES string of the molecule is CCc1nc(-c2cscc2C)oc1CCl. The van der Waals surface area contributed by atoms with Crippen LogP contribution >= 0.6 is 22.9 Å². The highest BCUT2D eigenvalue weighted by molar-refractivity contribution is 7.08. The van der Waals surface area contributed by atoms with Gasteiger partial charge in [0.25, 0.3) is 0 Å². The molecule has 2 rings (SSSR count). The minimum atomic E-state index is 0.388. The van der Waals surface area contributed by atoms with Crippen LogP contribution in [0, 0.1) is 6.92 Å². The molecule has 0 fully saturated rings. The Kier molecular flexibility index (Phi) is 3.12. The molecule has 0 atom stereocenters. The number of alkyl halides is 1. The van der Waals surface area contributed by atoms with E-state index in [1.54, 1.807) is 11.3 Å². The molecule has 2 nitrogen and oxygen atoms in total. The van der Waals surface area contributed by atoms with Crippen molar-refractivity contribution >= 4 is 22.9 Å². The lowest BCUT2D eigenvalue weighted by atomic mass is 10.2. The molecule has 2 heterocycles. The largest absolute Gasteiger partial charge is 0.440 e. The molecule has 0 amide bonds. The third kappa shape index (κ3) is 1.94. The Balaban J connectivity index is 2.46. The number of thiophene rings is 1. The lowest BCUT2D eigenvalue weighted by molar-refractivity contribution is 0.534. The van der Waals surface area contributed by atoms with E-state index in [4.69, 9.17) is 16.0 Å². The standard InChI is InChI=1S/C11H12ClNOS/c1-3-9-10(4-12)14-11(13-9)8-6-15-5-7(8)2/h5-6H,3-4H2,1-2H3. The average molecular weight is 242 g/mol. The summed E-state index contributed by atoms with van der Waals surface area (Å²) in [6.45, 7) is 4.11. The van der Waals surface area contributed by atoms with Crippen molar-refractivity contribution in [3.8, 4) is 11.5 Å². The molecule has 0 aliphatic rings. The average Bonchev–Trinajstić information content (AvgIpc) is 2.82. The summed E-state index contributed by atoms with van der Waals surface area (Å²) < 4.78 is 5.64. The molecular formula is C11H12ClNOS. The Labute approximate surface area is 97.9 Å². The molecule has 4 heteroatoms. The predicted octanol–water partition coefficient (Wildman–Crippen LogP) is 4.01. The Hall–Kier alpha value is -0.800. The van der Waals surface area contributed by atoms with Crippen LogP contribution in [0.15, 0.2) is 15.2 Å². The third-order valence-corrected chi connectivity index (χ3v) is 3.42. The number of hydrogen-bond donors (Lipinski definition) is 0. The number of aryl methyl sites for hydroxylation is 2. The smallest absolute Gasteiger partial charge is 0.227 e. The molecule has 2 aromatic rings. The van der Waals surface area contributed by atoms with E-state index in [1.807, 2.05) is 0 Å². The molecule has 0 aliphatic heterocycles. The van der Waals surface area contributed by atoms with Gasteiger partial charge in [0.05, 0.1) is 17.1 Å². The van der Waals surface area contributed by atoms with Crippen LogP contribution in [0.1, 0.15) is 23.9 Å².